The monoisotopic (exact) mass is 543 g/mol. The highest BCUT2D eigenvalue weighted by atomic mass is 32.2. The van der Waals surface area contributed by atoms with Gasteiger partial charge in [-0.25, -0.2) is 18.0 Å². The maximum Gasteiger partial charge on any atom is 0.468 e. The maximum atomic E-state index is 13.5. The number of alkyl halides is 10. The maximum absolute atomic E-state index is 13.5. The molecule has 8 nitrogen and oxygen atoms in total. The molecule has 198 valence electrons. The smallest absolute Gasteiger partial charge is 0.468 e. The lowest BCUT2D eigenvalue weighted by Gasteiger charge is -2.32. The summed E-state index contributed by atoms with van der Waals surface area (Å²) in [7, 11) is -6.84. The van der Waals surface area contributed by atoms with Crippen LogP contribution < -0.4 is 0 Å². The second kappa shape index (κ2) is 10.5. The normalized spacial score (nSPS) is 15.3. The summed E-state index contributed by atoms with van der Waals surface area (Å²) in [4.78, 5) is 23.2. The van der Waals surface area contributed by atoms with E-state index < -0.39 is 82.8 Å². The Morgan fingerprint density at radius 1 is 0.941 bits per heavy atom. The van der Waals surface area contributed by atoms with E-state index in [0.29, 0.717) is 0 Å². The number of halogens is 10. The second-order valence-corrected chi connectivity index (χ2v) is 7.45. The minimum absolute atomic E-state index is 0.0323. The van der Waals surface area contributed by atoms with Gasteiger partial charge < -0.3 is 18.8 Å². The van der Waals surface area contributed by atoms with Gasteiger partial charge in [0.25, 0.3) is 0 Å². The van der Waals surface area contributed by atoms with Crippen LogP contribution in [0.25, 0.3) is 0 Å². The molecule has 0 amide bonds. The van der Waals surface area contributed by atoms with Gasteiger partial charge in [0.05, 0.1) is 12.9 Å². The topological polar surface area (TPSA) is 119 Å². The first-order valence-corrected chi connectivity index (χ1v) is 9.62. The van der Waals surface area contributed by atoms with Gasteiger partial charge in [0.1, 0.15) is 5.57 Å². The van der Waals surface area contributed by atoms with Crippen molar-refractivity contribution < 1.29 is 80.7 Å². The molecule has 34 heavy (non-hydrogen) atoms. The SMILES string of the molecule is C=COC(=O)C(OCCCCC(F)(F)C(F)(F)S(=O)(=O)[O-])(OC(=O)C(=C)C(F)(F)F)C(F)(F)F. The van der Waals surface area contributed by atoms with Crippen LogP contribution in [0.1, 0.15) is 19.3 Å². The van der Waals surface area contributed by atoms with Gasteiger partial charge in [-0.1, -0.05) is 13.2 Å². The van der Waals surface area contributed by atoms with Gasteiger partial charge in [-0.3, -0.25) is 0 Å². The van der Waals surface area contributed by atoms with Gasteiger partial charge in [0.2, 0.25) is 0 Å². The minimum atomic E-state index is -6.84. The van der Waals surface area contributed by atoms with Crippen LogP contribution >= 0.6 is 0 Å². The van der Waals surface area contributed by atoms with E-state index in [1.54, 1.807) is 0 Å². The van der Waals surface area contributed by atoms with E-state index in [-0.39, 0.29) is 6.26 Å². The molecule has 0 aliphatic rings. The zero-order valence-electron chi connectivity index (χ0n) is 16.3. The molecule has 0 aromatic rings. The summed E-state index contributed by atoms with van der Waals surface area (Å²) in [5.74, 6) is -15.9. The molecule has 0 aliphatic carbocycles. The molecule has 0 saturated heterocycles. The first kappa shape index (κ1) is 31.6. The Balaban J connectivity index is 5.70. The van der Waals surface area contributed by atoms with E-state index >= 15 is 0 Å². The number of hydrogen-bond donors (Lipinski definition) is 0. The highest BCUT2D eigenvalue weighted by molar-refractivity contribution is 7.86. The Labute approximate surface area is 183 Å². The number of esters is 2. The van der Waals surface area contributed by atoms with Crippen LogP contribution in [0.3, 0.4) is 0 Å². The Kier molecular flexibility index (Phi) is 9.72. The molecule has 0 fully saturated rings. The highest BCUT2D eigenvalue weighted by Gasteiger charge is 2.68. The largest absolute Gasteiger partial charge is 0.743 e. The van der Waals surface area contributed by atoms with E-state index in [1.165, 1.54) is 0 Å². The van der Waals surface area contributed by atoms with Crippen LogP contribution in [-0.4, -0.2) is 60.8 Å². The third-order valence-electron chi connectivity index (χ3n) is 3.59. The van der Waals surface area contributed by atoms with Gasteiger partial charge >= 0.3 is 41.3 Å². The van der Waals surface area contributed by atoms with Crippen LogP contribution in [0.15, 0.2) is 25.0 Å². The van der Waals surface area contributed by atoms with Crippen molar-refractivity contribution in [3.05, 3.63) is 25.0 Å². The number of rotatable bonds is 12. The van der Waals surface area contributed by atoms with Crippen LogP contribution in [0.4, 0.5) is 43.9 Å². The summed E-state index contributed by atoms with van der Waals surface area (Å²) in [5.41, 5.74) is -2.52. The van der Waals surface area contributed by atoms with Gasteiger partial charge in [-0.05, 0) is 12.8 Å². The second-order valence-electron chi connectivity index (χ2n) is 6.03. The number of ether oxygens (including phenoxy) is 3. The summed E-state index contributed by atoms with van der Waals surface area (Å²) >= 11 is 0. The summed E-state index contributed by atoms with van der Waals surface area (Å²) < 4.78 is 173. The van der Waals surface area contributed by atoms with Crippen molar-refractivity contribution in [3.8, 4) is 0 Å². The van der Waals surface area contributed by atoms with E-state index in [0.717, 1.165) is 0 Å². The molecule has 0 rings (SSSR count). The number of hydrogen-bond acceptors (Lipinski definition) is 8. The molecular formula is C15H13F10O8S-. The Morgan fingerprint density at radius 2 is 1.44 bits per heavy atom. The quantitative estimate of drug-likeness (QED) is 0.0698. The van der Waals surface area contributed by atoms with Crippen LogP contribution in [0.2, 0.25) is 0 Å². The molecule has 0 radical (unpaired) electrons. The van der Waals surface area contributed by atoms with Crippen molar-refractivity contribution in [2.24, 2.45) is 0 Å². The third kappa shape index (κ3) is 7.05. The van der Waals surface area contributed by atoms with Gasteiger partial charge in [-0.15, -0.1) is 0 Å². The molecular weight excluding hydrogens is 530 g/mol. The van der Waals surface area contributed by atoms with Gasteiger partial charge in [0.15, 0.2) is 10.1 Å². The van der Waals surface area contributed by atoms with Crippen LogP contribution in [-0.2, 0) is 33.9 Å². The molecule has 0 spiro atoms. The average molecular weight is 543 g/mol. The summed E-state index contributed by atoms with van der Waals surface area (Å²) in [6.07, 6.45) is -16.2. The lowest BCUT2D eigenvalue weighted by atomic mass is 10.1. The first-order chi connectivity index (χ1) is 15.0. The van der Waals surface area contributed by atoms with E-state index in [1.807, 2.05) is 0 Å². The summed E-state index contributed by atoms with van der Waals surface area (Å²) in [6, 6.07) is 0. The fourth-order valence-electron chi connectivity index (χ4n) is 1.84. The third-order valence-corrected chi connectivity index (χ3v) is 4.51. The number of carbonyl (C=O) groups is 2. The van der Waals surface area contributed by atoms with Crippen LogP contribution in [0.5, 0.6) is 0 Å². The molecule has 1 unspecified atom stereocenters. The standard InChI is InChI=1S/C15H14F10O8S/c1-3-31-10(27)12(14(21,22)23,33-9(26)8(2)13(18,19)20)32-7-5-4-6-11(16,17)15(24,25)34(28,29)30/h3H,1-2,4-7H2,(H,28,29,30)/p-1. The van der Waals surface area contributed by atoms with E-state index in [4.69, 9.17) is 0 Å². The molecule has 0 bridgehead atoms. The van der Waals surface area contributed by atoms with Crippen LogP contribution in [0, 0.1) is 0 Å². The number of unbranched alkanes of at least 4 members (excludes halogenated alkanes) is 1. The summed E-state index contributed by atoms with van der Waals surface area (Å²) in [6.45, 7) is 3.28. The molecule has 0 aliphatic heterocycles. The van der Waals surface area contributed by atoms with Gasteiger partial charge in [-0.2, -0.15) is 43.9 Å². The predicted octanol–water partition coefficient (Wildman–Crippen LogP) is 3.55. The van der Waals surface area contributed by atoms with Crippen molar-refractivity contribution in [2.45, 2.75) is 48.6 Å². The van der Waals surface area contributed by atoms with Crippen molar-refractivity contribution >= 4 is 22.1 Å². The predicted molar refractivity (Wildman–Crippen MR) is 85.8 cm³/mol. The molecule has 19 heteroatoms. The van der Waals surface area contributed by atoms with Crippen molar-refractivity contribution in [1.82, 2.24) is 0 Å². The zero-order valence-corrected chi connectivity index (χ0v) is 17.1. The molecule has 0 N–H and O–H groups in total. The summed E-state index contributed by atoms with van der Waals surface area (Å²) in [5, 5.41) is -6.09. The molecule has 1 atom stereocenters. The Bertz CT molecular complexity index is 894. The van der Waals surface area contributed by atoms with Crippen molar-refractivity contribution in [3.63, 3.8) is 0 Å². The van der Waals surface area contributed by atoms with Crippen molar-refractivity contribution in [2.75, 3.05) is 6.61 Å². The minimum Gasteiger partial charge on any atom is -0.743 e. The fraction of sp³-hybridized carbons (Fsp3) is 0.600. The highest BCUT2D eigenvalue weighted by Crippen LogP contribution is 2.42. The Morgan fingerprint density at radius 3 is 1.82 bits per heavy atom. The molecule has 0 heterocycles. The fourth-order valence-corrected chi connectivity index (χ4v) is 2.31. The van der Waals surface area contributed by atoms with E-state index in [9.17, 15) is 66.5 Å². The van der Waals surface area contributed by atoms with Gasteiger partial charge in [0, 0.05) is 6.42 Å². The lowest BCUT2D eigenvalue weighted by molar-refractivity contribution is -0.354. The average Bonchev–Trinajstić information content (AvgIpc) is 2.63. The van der Waals surface area contributed by atoms with Crippen molar-refractivity contribution in [1.29, 1.82) is 0 Å². The molecule has 0 aromatic heterocycles. The Hall–Kier alpha value is -2.41. The number of carbonyl (C=O) groups excluding carboxylic acids is 2. The lowest BCUT2D eigenvalue weighted by Crippen LogP contribution is -2.58. The molecule has 0 saturated carbocycles. The molecule has 0 aromatic carbocycles. The first-order valence-electron chi connectivity index (χ1n) is 8.21. The zero-order chi connectivity index (χ0) is 27.4. The van der Waals surface area contributed by atoms with E-state index in [2.05, 4.69) is 27.4 Å².